The Hall–Kier alpha value is -0.900. The van der Waals surface area contributed by atoms with E-state index >= 15 is 0 Å². The zero-order valence-corrected chi connectivity index (χ0v) is 6.77. The summed E-state index contributed by atoms with van der Waals surface area (Å²) in [5.74, 6) is 0. The van der Waals surface area contributed by atoms with Gasteiger partial charge in [-0.25, -0.2) is 4.98 Å². The summed E-state index contributed by atoms with van der Waals surface area (Å²) in [4.78, 5) is 3.84. The lowest BCUT2D eigenvalue weighted by atomic mass is 10.2. The van der Waals surface area contributed by atoms with Gasteiger partial charge in [-0.2, -0.15) is 5.10 Å². The van der Waals surface area contributed by atoms with Crippen molar-refractivity contribution < 1.29 is 0 Å². The van der Waals surface area contributed by atoms with Gasteiger partial charge < -0.3 is 5.73 Å². The van der Waals surface area contributed by atoms with Crippen LogP contribution < -0.4 is 5.73 Å². The monoisotopic (exact) mass is 154 g/mol. The number of nitrogens with two attached hydrogens (primary N) is 1. The third-order valence-electron chi connectivity index (χ3n) is 1.51. The first-order valence-corrected chi connectivity index (χ1v) is 3.87. The molecule has 0 aliphatic rings. The molecule has 0 unspecified atom stereocenters. The number of hydrogen-bond acceptors (Lipinski definition) is 3. The van der Waals surface area contributed by atoms with Crippen LogP contribution in [0.3, 0.4) is 0 Å². The van der Waals surface area contributed by atoms with Gasteiger partial charge in [-0.15, -0.1) is 0 Å². The summed E-state index contributed by atoms with van der Waals surface area (Å²) >= 11 is 0. The van der Waals surface area contributed by atoms with E-state index in [1.807, 2.05) is 11.6 Å². The van der Waals surface area contributed by atoms with Gasteiger partial charge in [-0.3, -0.25) is 4.68 Å². The highest BCUT2D eigenvalue weighted by molar-refractivity contribution is 4.58. The molecule has 1 rings (SSSR count). The minimum absolute atomic E-state index is 0.290. The molecule has 2 N–H and O–H groups in total. The van der Waals surface area contributed by atoms with E-state index in [-0.39, 0.29) is 0 Å². The van der Waals surface area contributed by atoms with Crippen molar-refractivity contribution in [2.75, 3.05) is 0 Å². The molecule has 1 aromatic rings. The number of nitrogens with zero attached hydrogens (tertiary/aromatic N) is 3. The van der Waals surface area contributed by atoms with Crippen LogP contribution in [-0.4, -0.2) is 20.8 Å². The molecule has 62 valence electrons. The van der Waals surface area contributed by atoms with E-state index in [2.05, 4.69) is 10.1 Å². The summed E-state index contributed by atoms with van der Waals surface area (Å²) in [5, 5.41) is 3.98. The second-order valence-electron chi connectivity index (χ2n) is 2.78. The van der Waals surface area contributed by atoms with Crippen molar-refractivity contribution in [3.05, 3.63) is 12.7 Å². The maximum absolute atomic E-state index is 5.59. The summed E-state index contributed by atoms with van der Waals surface area (Å²) in [6.45, 7) is 2.93. The van der Waals surface area contributed by atoms with E-state index in [1.165, 1.54) is 0 Å². The molecule has 1 atom stereocenters. The Morgan fingerprint density at radius 1 is 1.64 bits per heavy atom. The molecule has 0 spiro atoms. The van der Waals surface area contributed by atoms with Crippen LogP contribution in [0.15, 0.2) is 12.7 Å². The molecule has 11 heavy (non-hydrogen) atoms. The molecule has 0 radical (unpaired) electrons. The van der Waals surface area contributed by atoms with E-state index < -0.39 is 0 Å². The van der Waals surface area contributed by atoms with Crippen LogP contribution in [-0.2, 0) is 6.54 Å². The van der Waals surface area contributed by atoms with E-state index in [0.717, 1.165) is 19.4 Å². The number of aromatic nitrogens is 3. The Bertz CT molecular complexity index is 180. The second kappa shape index (κ2) is 4.08. The molecule has 0 saturated heterocycles. The molecular formula is C7H14N4. The molecule has 4 nitrogen and oxygen atoms in total. The van der Waals surface area contributed by atoms with Crippen molar-refractivity contribution >= 4 is 0 Å². The predicted molar refractivity (Wildman–Crippen MR) is 42.9 cm³/mol. The normalized spacial score (nSPS) is 13.3. The second-order valence-corrected chi connectivity index (χ2v) is 2.78. The number of hydrogen-bond donors (Lipinski definition) is 1. The first kappa shape index (κ1) is 8.20. The maximum atomic E-state index is 5.59. The average molecular weight is 154 g/mol. The van der Waals surface area contributed by atoms with Crippen LogP contribution >= 0.6 is 0 Å². The quantitative estimate of drug-likeness (QED) is 0.683. The summed E-state index contributed by atoms with van der Waals surface area (Å²) < 4.78 is 1.82. The first-order valence-electron chi connectivity index (χ1n) is 3.87. The lowest BCUT2D eigenvalue weighted by Gasteiger charge is -2.03. The van der Waals surface area contributed by atoms with Crippen molar-refractivity contribution in [1.82, 2.24) is 14.8 Å². The standard InChI is InChI=1S/C7H14N4/c1-7(8)3-2-4-11-6-9-5-10-11/h5-7H,2-4,8H2,1H3/t7-/m1/s1. The first-order chi connectivity index (χ1) is 5.29. The van der Waals surface area contributed by atoms with Crippen molar-refractivity contribution in [3.8, 4) is 0 Å². The minimum atomic E-state index is 0.290. The molecule has 0 bridgehead atoms. The maximum Gasteiger partial charge on any atom is 0.137 e. The van der Waals surface area contributed by atoms with Gasteiger partial charge in [0.05, 0.1) is 0 Å². The highest BCUT2D eigenvalue weighted by Gasteiger charge is 1.94. The Morgan fingerprint density at radius 2 is 2.45 bits per heavy atom. The summed E-state index contributed by atoms with van der Waals surface area (Å²) in [6, 6.07) is 0.290. The predicted octanol–water partition coefficient (Wildman–Crippen LogP) is 0.405. The Balaban J connectivity index is 2.14. The van der Waals surface area contributed by atoms with Crippen LogP contribution in [0.4, 0.5) is 0 Å². The SMILES string of the molecule is C[C@@H](N)CCCn1cncn1. The van der Waals surface area contributed by atoms with Crippen molar-refractivity contribution in [1.29, 1.82) is 0 Å². The molecular weight excluding hydrogens is 140 g/mol. The molecule has 0 saturated carbocycles. The summed E-state index contributed by atoms with van der Waals surface area (Å²) in [6.07, 6.45) is 5.38. The molecule has 1 aromatic heterocycles. The van der Waals surface area contributed by atoms with E-state index in [1.54, 1.807) is 12.7 Å². The van der Waals surface area contributed by atoms with Crippen molar-refractivity contribution in [3.63, 3.8) is 0 Å². The molecule has 0 aromatic carbocycles. The van der Waals surface area contributed by atoms with E-state index in [0.29, 0.717) is 6.04 Å². The minimum Gasteiger partial charge on any atom is -0.328 e. The van der Waals surface area contributed by atoms with Gasteiger partial charge in [0.2, 0.25) is 0 Å². The van der Waals surface area contributed by atoms with Gasteiger partial charge in [-0.1, -0.05) is 0 Å². The smallest absolute Gasteiger partial charge is 0.137 e. The zero-order valence-electron chi connectivity index (χ0n) is 6.77. The van der Waals surface area contributed by atoms with Gasteiger partial charge in [0.1, 0.15) is 12.7 Å². The average Bonchev–Trinajstić information content (AvgIpc) is 2.39. The van der Waals surface area contributed by atoms with Gasteiger partial charge in [0, 0.05) is 12.6 Å². The number of aryl methyl sites for hydroxylation is 1. The van der Waals surface area contributed by atoms with Crippen LogP contribution in [0.2, 0.25) is 0 Å². The fourth-order valence-corrected chi connectivity index (χ4v) is 0.923. The molecule has 0 amide bonds. The lowest BCUT2D eigenvalue weighted by Crippen LogP contribution is -2.15. The Morgan fingerprint density at radius 3 is 3.00 bits per heavy atom. The largest absolute Gasteiger partial charge is 0.328 e. The Labute approximate surface area is 66.4 Å². The summed E-state index contributed by atoms with van der Waals surface area (Å²) in [7, 11) is 0. The fourth-order valence-electron chi connectivity index (χ4n) is 0.923. The third-order valence-corrected chi connectivity index (χ3v) is 1.51. The van der Waals surface area contributed by atoms with Crippen molar-refractivity contribution in [2.24, 2.45) is 5.73 Å². The number of rotatable bonds is 4. The molecule has 1 heterocycles. The van der Waals surface area contributed by atoms with Gasteiger partial charge in [0.15, 0.2) is 0 Å². The zero-order chi connectivity index (χ0) is 8.10. The van der Waals surface area contributed by atoms with Gasteiger partial charge in [0.25, 0.3) is 0 Å². The molecule has 4 heteroatoms. The Kier molecular flexibility index (Phi) is 3.04. The lowest BCUT2D eigenvalue weighted by molar-refractivity contribution is 0.524. The van der Waals surface area contributed by atoms with E-state index in [4.69, 9.17) is 5.73 Å². The van der Waals surface area contributed by atoms with Crippen LogP contribution in [0.25, 0.3) is 0 Å². The molecule has 0 aliphatic heterocycles. The highest BCUT2D eigenvalue weighted by atomic mass is 15.3. The van der Waals surface area contributed by atoms with Crippen molar-refractivity contribution in [2.45, 2.75) is 32.4 Å². The van der Waals surface area contributed by atoms with Crippen LogP contribution in [0.5, 0.6) is 0 Å². The fraction of sp³-hybridized carbons (Fsp3) is 0.714. The summed E-state index contributed by atoms with van der Waals surface area (Å²) in [5.41, 5.74) is 5.59. The topological polar surface area (TPSA) is 56.7 Å². The van der Waals surface area contributed by atoms with Gasteiger partial charge >= 0.3 is 0 Å². The third kappa shape index (κ3) is 3.13. The molecule has 0 fully saturated rings. The van der Waals surface area contributed by atoms with Crippen LogP contribution in [0.1, 0.15) is 19.8 Å². The molecule has 0 aliphatic carbocycles. The van der Waals surface area contributed by atoms with Crippen LogP contribution in [0, 0.1) is 0 Å². The van der Waals surface area contributed by atoms with Gasteiger partial charge in [-0.05, 0) is 19.8 Å². The highest BCUT2D eigenvalue weighted by Crippen LogP contribution is 1.95. The van der Waals surface area contributed by atoms with E-state index in [9.17, 15) is 0 Å².